The second-order valence-electron chi connectivity index (χ2n) is 5.85. The Hall–Kier alpha value is -2.78. The maximum absolute atomic E-state index is 12.4. The number of benzene rings is 2. The third-order valence-electron chi connectivity index (χ3n) is 3.79. The van der Waals surface area contributed by atoms with Crippen molar-refractivity contribution < 1.29 is 18.1 Å². The summed E-state index contributed by atoms with van der Waals surface area (Å²) in [6.07, 6.45) is 0. The highest BCUT2D eigenvalue weighted by molar-refractivity contribution is 7.89. The molecule has 0 aliphatic heterocycles. The van der Waals surface area contributed by atoms with Gasteiger partial charge in [0, 0.05) is 37.5 Å². The normalized spacial score (nSPS) is 11.4. The average molecular weight is 377 g/mol. The van der Waals surface area contributed by atoms with E-state index in [-0.39, 0.29) is 28.5 Å². The molecule has 0 bridgehead atoms. The van der Waals surface area contributed by atoms with Crippen LogP contribution in [0.25, 0.3) is 0 Å². The first-order valence-electron chi connectivity index (χ1n) is 7.67. The van der Waals surface area contributed by atoms with E-state index in [0.29, 0.717) is 11.3 Å². The van der Waals surface area contributed by atoms with Crippen molar-refractivity contribution in [1.82, 2.24) is 4.31 Å². The first-order valence-corrected chi connectivity index (χ1v) is 9.11. The van der Waals surface area contributed by atoms with Crippen molar-refractivity contribution in [3.05, 3.63) is 63.7 Å². The number of anilines is 1. The Morgan fingerprint density at radius 1 is 1.19 bits per heavy atom. The van der Waals surface area contributed by atoms with E-state index in [1.807, 2.05) is 0 Å². The molecule has 0 spiro atoms. The molecule has 2 aromatic rings. The summed E-state index contributed by atoms with van der Waals surface area (Å²) in [5, 5.41) is 13.7. The summed E-state index contributed by atoms with van der Waals surface area (Å²) in [4.78, 5) is 22.7. The molecule has 0 atom stereocenters. The van der Waals surface area contributed by atoms with Gasteiger partial charge in [-0.15, -0.1) is 0 Å². The summed E-state index contributed by atoms with van der Waals surface area (Å²) >= 11 is 0. The van der Waals surface area contributed by atoms with Crippen molar-refractivity contribution in [2.45, 2.75) is 11.8 Å². The summed E-state index contributed by atoms with van der Waals surface area (Å²) in [6.45, 7) is 1.63. The molecule has 138 valence electrons. The van der Waals surface area contributed by atoms with Crippen molar-refractivity contribution in [3.8, 4) is 0 Å². The van der Waals surface area contributed by atoms with Crippen LogP contribution in [0.1, 0.15) is 15.9 Å². The Bertz CT molecular complexity index is 955. The van der Waals surface area contributed by atoms with Gasteiger partial charge in [0.05, 0.1) is 16.4 Å². The largest absolute Gasteiger partial charge is 0.377 e. The van der Waals surface area contributed by atoms with E-state index in [2.05, 4.69) is 5.32 Å². The number of rotatable bonds is 7. The standard InChI is InChI=1S/C17H19N3O5S/c1-12-9-14(20(22)23)7-8-16(12)18-11-17(21)13-5-4-6-15(10-13)26(24,25)19(2)3/h4-10,18H,11H2,1-3H3. The molecule has 2 aromatic carbocycles. The van der Waals surface area contributed by atoms with Crippen LogP contribution in [0.3, 0.4) is 0 Å². The summed E-state index contributed by atoms with van der Waals surface area (Å²) < 4.78 is 25.4. The fourth-order valence-electron chi connectivity index (χ4n) is 2.28. The second-order valence-corrected chi connectivity index (χ2v) is 8.00. The molecular formula is C17H19N3O5S. The number of nitro benzene ring substituents is 1. The Morgan fingerprint density at radius 2 is 1.88 bits per heavy atom. The molecule has 0 saturated heterocycles. The number of nitro groups is 1. The van der Waals surface area contributed by atoms with Gasteiger partial charge < -0.3 is 5.32 Å². The lowest BCUT2D eigenvalue weighted by Gasteiger charge is -2.12. The maximum Gasteiger partial charge on any atom is 0.269 e. The molecule has 9 heteroatoms. The minimum Gasteiger partial charge on any atom is -0.377 e. The van der Waals surface area contributed by atoms with Gasteiger partial charge in [-0.2, -0.15) is 0 Å². The van der Waals surface area contributed by atoms with Gasteiger partial charge in [-0.3, -0.25) is 14.9 Å². The highest BCUT2D eigenvalue weighted by atomic mass is 32.2. The Labute approximate surface area is 151 Å². The van der Waals surface area contributed by atoms with Gasteiger partial charge in [0.25, 0.3) is 5.69 Å². The number of carbonyl (C=O) groups excluding carboxylic acids is 1. The van der Waals surface area contributed by atoms with E-state index < -0.39 is 14.9 Å². The molecule has 0 radical (unpaired) electrons. The number of sulfonamides is 1. The maximum atomic E-state index is 12.4. The van der Waals surface area contributed by atoms with Crippen LogP contribution in [0.5, 0.6) is 0 Å². The van der Waals surface area contributed by atoms with Crippen molar-refractivity contribution in [2.24, 2.45) is 0 Å². The zero-order chi connectivity index (χ0) is 19.5. The van der Waals surface area contributed by atoms with E-state index >= 15 is 0 Å². The topological polar surface area (TPSA) is 110 Å². The second kappa shape index (κ2) is 7.63. The van der Waals surface area contributed by atoms with E-state index in [9.17, 15) is 23.3 Å². The first kappa shape index (κ1) is 19.5. The Kier molecular flexibility index (Phi) is 5.73. The lowest BCUT2D eigenvalue weighted by molar-refractivity contribution is -0.384. The molecule has 0 aliphatic carbocycles. The van der Waals surface area contributed by atoms with Gasteiger partial charge in [0.2, 0.25) is 10.0 Å². The first-order chi connectivity index (χ1) is 12.1. The van der Waals surface area contributed by atoms with Crippen LogP contribution in [0.15, 0.2) is 47.4 Å². The highest BCUT2D eigenvalue weighted by Gasteiger charge is 2.18. The Balaban J connectivity index is 2.15. The third-order valence-corrected chi connectivity index (χ3v) is 5.61. The van der Waals surface area contributed by atoms with Crippen LogP contribution in [0, 0.1) is 17.0 Å². The van der Waals surface area contributed by atoms with E-state index in [0.717, 1.165) is 4.31 Å². The van der Waals surface area contributed by atoms with Crippen LogP contribution >= 0.6 is 0 Å². The number of non-ortho nitro benzene ring substituents is 1. The smallest absolute Gasteiger partial charge is 0.269 e. The molecule has 0 unspecified atom stereocenters. The summed E-state index contributed by atoms with van der Waals surface area (Å²) in [7, 11) is -0.784. The summed E-state index contributed by atoms with van der Waals surface area (Å²) in [5.41, 5.74) is 1.47. The molecule has 0 aromatic heterocycles. The minimum absolute atomic E-state index is 0.0269. The molecular weight excluding hydrogens is 358 g/mol. The summed E-state index contributed by atoms with van der Waals surface area (Å²) in [5.74, 6) is -0.293. The van der Waals surface area contributed by atoms with Crippen molar-refractivity contribution in [2.75, 3.05) is 26.0 Å². The third kappa shape index (κ3) is 4.24. The number of ketones is 1. The minimum atomic E-state index is -3.62. The van der Waals surface area contributed by atoms with Crippen LogP contribution < -0.4 is 5.32 Å². The number of hydrogen-bond donors (Lipinski definition) is 1. The van der Waals surface area contributed by atoms with E-state index in [1.165, 1.54) is 50.5 Å². The quantitative estimate of drug-likeness (QED) is 0.451. The van der Waals surface area contributed by atoms with Gasteiger partial charge in [-0.1, -0.05) is 12.1 Å². The van der Waals surface area contributed by atoms with Gasteiger partial charge in [-0.25, -0.2) is 12.7 Å². The number of hydrogen-bond acceptors (Lipinski definition) is 6. The Morgan fingerprint density at radius 3 is 2.46 bits per heavy atom. The van der Waals surface area contributed by atoms with Crippen molar-refractivity contribution in [3.63, 3.8) is 0 Å². The van der Waals surface area contributed by atoms with E-state index in [4.69, 9.17) is 0 Å². The summed E-state index contributed by atoms with van der Waals surface area (Å²) in [6, 6.07) is 10.1. The zero-order valence-electron chi connectivity index (χ0n) is 14.6. The fraction of sp³-hybridized carbons (Fsp3) is 0.235. The average Bonchev–Trinajstić information content (AvgIpc) is 2.60. The molecule has 0 fully saturated rings. The number of aryl methyl sites for hydroxylation is 1. The lowest BCUT2D eigenvalue weighted by atomic mass is 10.1. The zero-order valence-corrected chi connectivity index (χ0v) is 15.4. The highest BCUT2D eigenvalue weighted by Crippen LogP contribution is 2.21. The molecule has 2 rings (SSSR count). The van der Waals surface area contributed by atoms with Crippen LogP contribution in [0.2, 0.25) is 0 Å². The molecule has 1 N–H and O–H groups in total. The fourth-order valence-corrected chi connectivity index (χ4v) is 3.23. The van der Waals surface area contributed by atoms with Crippen LogP contribution in [-0.4, -0.2) is 44.1 Å². The van der Waals surface area contributed by atoms with Gasteiger partial charge >= 0.3 is 0 Å². The number of carbonyl (C=O) groups is 1. The van der Waals surface area contributed by atoms with Crippen molar-refractivity contribution in [1.29, 1.82) is 0 Å². The van der Waals surface area contributed by atoms with Crippen LogP contribution in [-0.2, 0) is 10.0 Å². The number of nitrogens with one attached hydrogen (secondary N) is 1. The molecule has 0 aliphatic rings. The number of Topliss-reactive ketones (excluding diaryl/α,β-unsaturated/α-hetero) is 1. The SMILES string of the molecule is Cc1cc([N+](=O)[O-])ccc1NCC(=O)c1cccc(S(=O)(=O)N(C)C)c1. The molecule has 8 nitrogen and oxygen atoms in total. The molecule has 0 heterocycles. The molecule has 26 heavy (non-hydrogen) atoms. The van der Waals surface area contributed by atoms with Crippen molar-refractivity contribution >= 4 is 27.2 Å². The predicted octanol–water partition coefficient (Wildman–Crippen LogP) is 2.45. The molecule has 0 saturated carbocycles. The lowest BCUT2D eigenvalue weighted by Crippen LogP contribution is -2.22. The van der Waals surface area contributed by atoms with Gasteiger partial charge in [-0.05, 0) is 30.7 Å². The number of nitrogens with zero attached hydrogens (tertiary/aromatic N) is 2. The molecule has 0 amide bonds. The monoisotopic (exact) mass is 377 g/mol. The van der Waals surface area contributed by atoms with E-state index in [1.54, 1.807) is 13.0 Å². The van der Waals surface area contributed by atoms with Crippen LogP contribution in [0.4, 0.5) is 11.4 Å². The predicted molar refractivity (Wildman–Crippen MR) is 98.0 cm³/mol. The van der Waals surface area contributed by atoms with Gasteiger partial charge in [0.1, 0.15) is 0 Å². The van der Waals surface area contributed by atoms with Gasteiger partial charge in [0.15, 0.2) is 5.78 Å².